The molecule has 0 aliphatic carbocycles. The first-order valence-corrected chi connectivity index (χ1v) is 11.7. The molecule has 1 fully saturated rings. The van der Waals surface area contributed by atoms with Crippen molar-refractivity contribution in [3.05, 3.63) is 94.2 Å². The molecule has 2 heterocycles. The third kappa shape index (κ3) is 5.15. The number of amides is 1. The van der Waals surface area contributed by atoms with Crippen LogP contribution in [0.2, 0.25) is 0 Å². The second-order valence-corrected chi connectivity index (χ2v) is 9.94. The van der Waals surface area contributed by atoms with Crippen molar-refractivity contribution in [1.82, 2.24) is 9.47 Å². The molecule has 1 aliphatic rings. The molecule has 2 aromatic carbocycles. The zero-order valence-corrected chi connectivity index (χ0v) is 20.5. The number of aryl methyl sites for hydroxylation is 1. The summed E-state index contributed by atoms with van der Waals surface area (Å²) in [4.78, 5) is 26.5. The zero-order valence-electron chi connectivity index (χ0n) is 20.5. The molecule has 1 amide bonds. The van der Waals surface area contributed by atoms with Crippen LogP contribution in [0.15, 0.2) is 71.7 Å². The maximum absolute atomic E-state index is 14.8. The molecule has 6 nitrogen and oxygen atoms in total. The summed E-state index contributed by atoms with van der Waals surface area (Å²) in [5.74, 6) is -0.458. The molecular formula is C28H31FN2O4. The van der Waals surface area contributed by atoms with Crippen LogP contribution >= 0.6 is 0 Å². The number of halogens is 1. The third-order valence-electron chi connectivity index (χ3n) is 6.64. The molecule has 4 rings (SSSR count). The van der Waals surface area contributed by atoms with E-state index in [-0.39, 0.29) is 23.6 Å². The van der Waals surface area contributed by atoms with Gasteiger partial charge in [-0.25, -0.2) is 9.18 Å². The van der Waals surface area contributed by atoms with Gasteiger partial charge in [-0.15, -0.1) is 0 Å². The van der Waals surface area contributed by atoms with Crippen LogP contribution in [-0.4, -0.2) is 32.8 Å². The van der Waals surface area contributed by atoms with Crippen LogP contribution in [0.5, 0.6) is 0 Å². The van der Waals surface area contributed by atoms with E-state index in [1.54, 1.807) is 56.3 Å². The largest absolute Gasteiger partial charge is 0.438 e. The van der Waals surface area contributed by atoms with Gasteiger partial charge in [-0.1, -0.05) is 42.5 Å². The topological polar surface area (TPSA) is 71.8 Å². The lowest BCUT2D eigenvalue weighted by molar-refractivity contribution is -0.102. The van der Waals surface area contributed by atoms with E-state index in [0.29, 0.717) is 13.0 Å². The van der Waals surface area contributed by atoms with Gasteiger partial charge in [-0.05, 0) is 49.6 Å². The zero-order chi connectivity index (χ0) is 25.4. The Hall–Kier alpha value is -3.45. The van der Waals surface area contributed by atoms with Gasteiger partial charge in [0.15, 0.2) is 0 Å². The first-order valence-electron chi connectivity index (χ1n) is 11.7. The number of nitrogens with zero attached hydrogens (tertiary/aromatic N) is 2. The standard InChI is InChI=1S/C28H31FN2O4/c1-19(20-9-11-21(12-10-20)22-13-14-25(32)30(4)17-22)31-16-15-28(35-26(31)33,18-27(2,3)34)23-7-5-6-8-24(23)29/h5-14,17,19,34H,15-16,18H2,1-4H3. The molecule has 0 bridgehead atoms. The Labute approximate surface area is 204 Å². The van der Waals surface area contributed by atoms with Gasteiger partial charge in [-0.2, -0.15) is 0 Å². The highest BCUT2D eigenvalue weighted by Gasteiger charge is 2.47. The number of cyclic esters (lactones) is 1. The Morgan fingerprint density at radius 3 is 2.31 bits per heavy atom. The normalized spacial score (nSPS) is 19.4. The van der Waals surface area contributed by atoms with Gasteiger partial charge in [0.25, 0.3) is 0 Å². The quantitative estimate of drug-likeness (QED) is 0.532. The Balaban J connectivity index is 1.56. The second kappa shape index (κ2) is 9.30. The summed E-state index contributed by atoms with van der Waals surface area (Å²) in [7, 11) is 1.71. The highest BCUT2D eigenvalue weighted by molar-refractivity contribution is 5.70. The number of ether oxygens (including phenoxy) is 1. The SMILES string of the molecule is CC(c1ccc(-c2ccc(=O)n(C)c2)cc1)N1CCC(CC(C)(C)O)(c2ccccc2F)OC1=O. The van der Waals surface area contributed by atoms with Gasteiger partial charge < -0.3 is 19.3 Å². The molecule has 1 aromatic heterocycles. The van der Waals surface area contributed by atoms with Crippen LogP contribution in [0.1, 0.15) is 50.8 Å². The van der Waals surface area contributed by atoms with Crippen molar-refractivity contribution in [2.45, 2.75) is 50.9 Å². The Bertz CT molecular complexity index is 1280. The molecular weight excluding hydrogens is 447 g/mol. The molecule has 7 heteroatoms. The van der Waals surface area contributed by atoms with Gasteiger partial charge in [0, 0.05) is 44.3 Å². The summed E-state index contributed by atoms with van der Waals surface area (Å²) in [5.41, 5.74) is 0.614. The number of carbonyl (C=O) groups is 1. The first-order chi connectivity index (χ1) is 16.5. The van der Waals surface area contributed by atoms with Gasteiger partial charge in [0.2, 0.25) is 5.56 Å². The Morgan fingerprint density at radius 1 is 1.06 bits per heavy atom. The highest BCUT2D eigenvalue weighted by atomic mass is 19.1. The molecule has 2 atom stereocenters. The third-order valence-corrected chi connectivity index (χ3v) is 6.64. The van der Waals surface area contributed by atoms with Crippen LogP contribution in [0.4, 0.5) is 9.18 Å². The number of aromatic nitrogens is 1. The first kappa shape index (κ1) is 24.7. The number of carbonyl (C=O) groups excluding carboxylic acids is 1. The number of aliphatic hydroxyl groups is 1. The van der Waals surface area contributed by atoms with Crippen molar-refractivity contribution >= 4 is 6.09 Å². The van der Waals surface area contributed by atoms with E-state index < -0.39 is 23.1 Å². The molecule has 3 aromatic rings. The van der Waals surface area contributed by atoms with E-state index in [0.717, 1.165) is 16.7 Å². The molecule has 0 saturated carbocycles. The summed E-state index contributed by atoms with van der Waals surface area (Å²) in [6.07, 6.45) is 1.68. The highest BCUT2D eigenvalue weighted by Crippen LogP contribution is 2.43. The average molecular weight is 479 g/mol. The number of pyridine rings is 1. The van der Waals surface area contributed by atoms with E-state index in [2.05, 4.69) is 0 Å². The fourth-order valence-electron chi connectivity index (χ4n) is 4.86. The Kier molecular flexibility index (Phi) is 6.56. The number of rotatable bonds is 6. The monoisotopic (exact) mass is 478 g/mol. The van der Waals surface area contributed by atoms with E-state index in [1.807, 2.05) is 31.2 Å². The van der Waals surface area contributed by atoms with Crippen molar-refractivity contribution in [1.29, 1.82) is 0 Å². The van der Waals surface area contributed by atoms with E-state index >= 15 is 0 Å². The van der Waals surface area contributed by atoms with Crippen molar-refractivity contribution < 1.29 is 19.0 Å². The van der Waals surface area contributed by atoms with Crippen LogP contribution < -0.4 is 5.56 Å². The molecule has 184 valence electrons. The average Bonchev–Trinajstić information content (AvgIpc) is 2.80. The van der Waals surface area contributed by atoms with Crippen molar-refractivity contribution in [2.75, 3.05) is 6.54 Å². The summed E-state index contributed by atoms with van der Waals surface area (Å²) >= 11 is 0. The predicted octanol–water partition coefficient (Wildman–Crippen LogP) is 5.15. The van der Waals surface area contributed by atoms with Crippen molar-refractivity contribution in [2.24, 2.45) is 7.05 Å². The molecule has 2 unspecified atom stereocenters. The fourth-order valence-corrected chi connectivity index (χ4v) is 4.86. The minimum absolute atomic E-state index is 0.0707. The lowest BCUT2D eigenvalue weighted by Gasteiger charge is -2.45. The van der Waals surface area contributed by atoms with Crippen LogP contribution in [0.3, 0.4) is 0 Å². The van der Waals surface area contributed by atoms with Crippen LogP contribution in [-0.2, 0) is 17.4 Å². The lowest BCUT2D eigenvalue weighted by atomic mass is 9.79. The minimum atomic E-state index is -1.25. The maximum Gasteiger partial charge on any atom is 0.411 e. The summed E-state index contributed by atoms with van der Waals surface area (Å²) < 4.78 is 22.2. The number of benzene rings is 2. The van der Waals surface area contributed by atoms with E-state index in [1.165, 1.54) is 16.7 Å². The number of hydrogen-bond acceptors (Lipinski definition) is 4. The van der Waals surface area contributed by atoms with E-state index in [4.69, 9.17) is 4.74 Å². The molecule has 1 saturated heterocycles. The van der Waals surface area contributed by atoms with Gasteiger partial charge in [0.1, 0.15) is 11.4 Å². The smallest absolute Gasteiger partial charge is 0.411 e. The number of hydrogen-bond donors (Lipinski definition) is 1. The summed E-state index contributed by atoms with van der Waals surface area (Å²) in [6, 6.07) is 17.1. The summed E-state index contributed by atoms with van der Waals surface area (Å²) in [5, 5.41) is 10.5. The van der Waals surface area contributed by atoms with Gasteiger partial charge in [-0.3, -0.25) is 4.79 Å². The fraction of sp³-hybridized carbons (Fsp3) is 0.357. The molecule has 1 aliphatic heterocycles. The summed E-state index contributed by atoms with van der Waals surface area (Å²) in [6.45, 7) is 5.54. The predicted molar refractivity (Wildman–Crippen MR) is 132 cm³/mol. The van der Waals surface area contributed by atoms with Gasteiger partial charge in [0.05, 0.1) is 11.6 Å². The van der Waals surface area contributed by atoms with Crippen molar-refractivity contribution in [3.8, 4) is 11.1 Å². The Morgan fingerprint density at radius 2 is 1.71 bits per heavy atom. The van der Waals surface area contributed by atoms with Crippen LogP contribution in [0.25, 0.3) is 11.1 Å². The molecule has 0 radical (unpaired) electrons. The van der Waals surface area contributed by atoms with Crippen LogP contribution in [0, 0.1) is 5.82 Å². The molecule has 35 heavy (non-hydrogen) atoms. The van der Waals surface area contributed by atoms with E-state index in [9.17, 15) is 19.1 Å². The van der Waals surface area contributed by atoms with Crippen molar-refractivity contribution in [3.63, 3.8) is 0 Å². The minimum Gasteiger partial charge on any atom is -0.438 e. The maximum atomic E-state index is 14.8. The van der Waals surface area contributed by atoms with Gasteiger partial charge >= 0.3 is 6.09 Å². The molecule has 0 spiro atoms. The lowest BCUT2D eigenvalue weighted by Crippen LogP contribution is -2.51. The second-order valence-electron chi connectivity index (χ2n) is 9.94. The molecule has 1 N–H and O–H groups in total.